The minimum absolute atomic E-state index is 0.0637. The van der Waals surface area contributed by atoms with E-state index in [-0.39, 0.29) is 69.3 Å². The van der Waals surface area contributed by atoms with Crippen LogP contribution < -0.4 is 37.6 Å². The number of nitrogens with two attached hydrogens (primary N) is 1. The van der Waals surface area contributed by atoms with Gasteiger partial charge in [-0.3, -0.25) is 28.9 Å². The zero-order valence-corrected chi connectivity index (χ0v) is 31.6. The van der Waals surface area contributed by atoms with Crippen LogP contribution in [-0.4, -0.2) is 96.5 Å². The van der Waals surface area contributed by atoms with E-state index < -0.39 is 47.7 Å². The summed E-state index contributed by atoms with van der Waals surface area (Å²) in [4.78, 5) is 98.9. The molecule has 54 heavy (non-hydrogen) atoms. The summed E-state index contributed by atoms with van der Waals surface area (Å²) in [6.07, 6.45) is 3.32. The number of urea groups is 1. The van der Waals surface area contributed by atoms with Crippen molar-refractivity contribution in [3.63, 3.8) is 0 Å². The monoisotopic (exact) mass is 758 g/mol. The van der Waals surface area contributed by atoms with Crippen LogP contribution in [0.25, 0.3) is 0 Å². The van der Waals surface area contributed by atoms with E-state index in [0.717, 1.165) is 4.90 Å². The predicted octanol–water partition coefficient (Wildman–Crippen LogP) is 1.94. The molecule has 1 aromatic rings. The van der Waals surface area contributed by atoms with Crippen LogP contribution in [0.1, 0.15) is 78.7 Å². The average Bonchev–Trinajstić information content (AvgIpc) is 3.41. The van der Waals surface area contributed by atoms with Gasteiger partial charge in [0.25, 0.3) is 11.8 Å². The first-order chi connectivity index (χ1) is 25.4. The normalized spacial score (nSPS) is 13.5. The summed E-state index contributed by atoms with van der Waals surface area (Å²) in [5, 5.41) is 15.7. The van der Waals surface area contributed by atoms with Crippen molar-refractivity contribution in [3.05, 3.63) is 42.0 Å². The Bertz CT molecular complexity index is 1490. The Hall–Kier alpha value is -5.68. The quantitative estimate of drug-likeness (QED) is 0.0708. The van der Waals surface area contributed by atoms with E-state index in [0.29, 0.717) is 36.9 Å². The maximum Gasteiger partial charge on any atom is 0.407 e. The van der Waals surface area contributed by atoms with Gasteiger partial charge < -0.3 is 47.1 Å². The van der Waals surface area contributed by atoms with Crippen molar-refractivity contribution in [2.24, 2.45) is 11.7 Å². The van der Waals surface area contributed by atoms with Crippen molar-refractivity contribution in [3.8, 4) is 0 Å². The van der Waals surface area contributed by atoms with Gasteiger partial charge >= 0.3 is 18.2 Å². The van der Waals surface area contributed by atoms with Gasteiger partial charge in [0.1, 0.15) is 24.3 Å². The van der Waals surface area contributed by atoms with Crippen LogP contribution >= 0.6 is 0 Å². The summed E-state index contributed by atoms with van der Waals surface area (Å²) < 4.78 is 10.3. The summed E-state index contributed by atoms with van der Waals surface area (Å²) in [5.41, 5.74) is 5.54. The molecule has 0 radical (unpaired) electrons. The molecule has 1 aliphatic heterocycles. The molecule has 298 valence electrons. The van der Waals surface area contributed by atoms with Gasteiger partial charge in [-0.15, -0.1) is 0 Å². The fraction of sp³-hybridized carbons (Fsp3) is 0.556. The van der Waals surface area contributed by atoms with Gasteiger partial charge in [-0.2, -0.15) is 0 Å². The summed E-state index contributed by atoms with van der Waals surface area (Å²) in [6, 6.07) is 3.78. The molecule has 18 nitrogen and oxygen atoms in total. The van der Waals surface area contributed by atoms with E-state index in [4.69, 9.17) is 15.2 Å². The SMILES string of the molecule is CC(C)[C@H](NC(=O)CCCCCN1C(=O)C=CC1=O)C(=O)N[C@@H](CCCNC(N)=O)C(=O)Nc1ccc(COC(=O)NCCNC(=O)OC(C)(C)C)cc1. The molecule has 0 bridgehead atoms. The Morgan fingerprint density at radius 2 is 1.41 bits per heavy atom. The molecule has 1 aromatic carbocycles. The third-order valence-corrected chi connectivity index (χ3v) is 7.71. The second-order valence-corrected chi connectivity index (χ2v) is 13.9. The highest BCUT2D eigenvalue weighted by Crippen LogP contribution is 2.14. The van der Waals surface area contributed by atoms with Crippen molar-refractivity contribution in [1.29, 1.82) is 0 Å². The van der Waals surface area contributed by atoms with E-state index in [9.17, 15) is 38.4 Å². The lowest BCUT2D eigenvalue weighted by atomic mass is 10.0. The maximum absolute atomic E-state index is 13.4. The number of imide groups is 1. The molecule has 2 rings (SSSR count). The molecule has 1 heterocycles. The summed E-state index contributed by atoms with van der Waals surface area (Å²) >= 11 is 0. The number of nitrogens with zero attached hydrogens (tertiary/aromatic N) is 1. The van der Waals surface area contributed by atoms with Crippen LogP contribution in [0.4, 0.5) is 20.1 Å². The van der Waals surface area contributed by atoms with Gasteiger partial charge in [0.2, 0.25) is 17.7 Å². The first-order valence-corrected chi connectivity index (χ1v) is 17.9. The number of primary amides is 1. The maximum atomic E-state index is 13.4. The molecule has 8 N–H and O–H groups in total. The van der Waals surface area contributed by atoms with Crippen molar-refractivity contribution in [1.82, 2.24) is 31.5 Å². The van der Waals surface area contributed by atoms with Crippen LogP contribution in [0, 0.1) is 5.92 Å². The molecular formula is C36H54N8O10. The lowest BCUT2D eigenvalue weighted by Crippen LogP contribution is -2.54. The number of amides is 9. The second kappa shape index (κ2) is 22.4. The highest BCUT2D eigenvalue weighted by Gasteiger charge is 2.29. The molecule has 0 saturated carbocycles. The van der Waals surface area contributed by atoms with Gasteiger partial charge in [0, 0.05) is 50.4 Å². The Morgan fingerprint density at radius 1 is 0.778 bits per heavy atom. The number of hydrogen-bond donors (Lipinski definition) is 7. The van der Waals surface area contributed by atoms with Gasteiger partial charge in [-0.1, -0.05) is 32.4 Å². The number of ether oxygens (including phenoxy) is 2. The minimum atomic E-state index is -1.03. The minimum Gasteiger partial charge on any atom is -0.445 e. The zero-order valence-electron chi connectivity index (χ0n) is 31.6. The van der Waals surface area contributed by atoms with Crippen LogP contribution in [0.15, 0.2) is 36.4 Å². The number of nitrogens with one attached hydrogen (secondary N) is 6. The standard InChI is InChI=1S/C36H54N8O10/c1-23(2)30(43-27(45)11-7-6-8-21-44-28(46)16-17-29(44)47)32(49)42-26(10-9-18-38-33(37)50)31(48)41-25-14-12-24(13-15-25)22-53-34(51)39-19-20-40-35(52)54-36(3,4)5/h12-17,23,26,30H,6-11,18-22H2,1-5H3,(H,39,51)(H,40,52)(H,41,48)(H,42,49)(H,43,45)(H3,37,38,50)/t26-,30-/m0/s1. The lowest BCUT2D eigenvalue weighted by molar-refractivity contribution is -0.137. The largest absolute Gasteiger partial charge is 0.445 e. The first kappa shape index (κ1) is 44.5. The Kier molecular flexibility index (Phi) is 18.5. The van der Waals surface area contributed by atoms with E-state index in [2.05, 4.69) is 31.9 Å². The number of carbonyl (C=O) groups excluding carboxylic acids is 8. The van der Waals surface area contributed by atoms with Crippen molar-refractivity contribution < 1.29 is 47.8 Å². The number of alkyl carbamates (subject to hydrolysis) is 2. The van der Waals surface area contributed by atoms with Gasteiger partial charge in [-0.25, -0.2) is 14.4 Å². The molecule has 0 aromatic heterocycles. The summed E-state index contributed by atoms with van der Waals surface area (Å²) in [7, 11) is 0. The van der Waals surface area contributed by atoms with Crippen molar-refractivity contribution >= 4 is 53.4 Å². The molecule has 0 spiro atoms. The number of carbonyl (C=O) groups is 8. The molecule has 9 amide bonds. The van der Waals surface area contributed by atoms with Crippen LogP contribution in [0.5, 0.6) is 0 Å². The molecule has 1 aliphatic rings. The second-order valence-electron chi connectivity index (χ2n) is 13.9. The van der Waals surface area contributed by atoms with Crippen molar-refractivity contribution in [2.75, 3.05) is 31.5 Å². The lowest BCUT2D eigenvalue weighted by Gasteiger charge is -2.25. The Morgan fingerprint density at radius 3 is 2.00 bits per heavy atom. The average molecular weight is 759 g/mol. The van der Waals surface area contributed by atoms with Gasteiger partial charge in [-0.05, 0) is 70.1 Å². The number of unbranched alkanes of at least 4 members (excludes halogenated alkanes) is 2. The first-order valence-electron chi connectivity index (χ1n) is 17.9. The fourth-order valence-electron chi connectivity index (χ4n) is 4.97. The molecule has 0 fully saturated rings. The van der Waals surface area contributed by atoms with Gasteiger partial charge in [0.05, 0.1) is 0 Å². The van der Waals surface area contributed by atoms with E-state index >= 15 is 0 Å². The summed E-state index contributed by atoms with van der Waals surface area (Å²) in [6.45, 7) is 9.36. The topological polar surface area (TPSA) is 256 Å². The predicted molar refractivity (Wildman–Crippen MR) is 197 cm³/mol. The molecule has 18 heteroatoms. The Balaban J connectivity index is 1.88. The molecule has 0 unspecified atom stereocenters. The third kappa shape index (κ3) is 17.7. The van der Waals surface area contributed by atoms with Gasteiger partial charge in [0.15, 0.2) is 0 Å². The molecule has 0 saturated heterocycles. The molecule has 2 atom stereocenters. The number of hydrogen-bond acceptors (Lipinski definition) is 10. The highest BCUT2D eigenvalue weighted by molar-refractivity contribution is 6.12. The van der Waals surface area contributed by atoms with E-state index in [1.807, 2.05) is 0 Å². The van der Waals surface area contributed by atoms with Crippen molar-refractivity contribution in [2.45, 2.75) is 97.4 Å². The summed E-state index contributed by atoms with van der Waals surface area (Å²) in [5.74, 6) is -2.49. The van der Waals surface area contributed by atoms with E-state index in [1.165, 1.54) is 12.2 Å². The van der Waals surface area contributed by atoms with Crippen LogP contribution in [0.3, 0.4) is 0 Å². The smallest absolute Gasteiger partial charge is 0.407 e. The van der Waals surface area contributed by atoms with Crippen LogP contribution in [0.2, 0.25) is 0 Å². The molecular weight excluding hydrogens is 704 g/mol. The number of rotatable bonds is 21. The van der Waals surface area contributed by atoms with Crippen LogP contribution in [-0.2, 0) is 40.1 Å². The highest BCUT2D eigenvalue weighted by atomic mass is 16.6. The number of anilines is 1. The van der Waals surface area contributed by atoms with E-state index in [1.54, 1.807) is 58.9 Å². The number of benzene rings is 1. The fourth-order valence-corrected chi connectivity index (χ4v) is 4.97. The Labute approximate surface area is 315 Å². The zero-order chi connectivity index (χ0) is 40.3. The molecule has 0 aliphatic carbocycles. The third-order valence-electron chi connectivity index (χ3n) is 7.71.